The molecule has 0 saturated carbocycles. The van der Waals surface area contributed by atoms with Crippen LogP contribution in [0.15, 0.2) is 24.3 Å². The second-order valence-electron chi connectivity index (χ2n) is 8.80. The van der Waals surface area contributed by atoms with Crippen molar-refractivity contribution >= 4 is 23.2 Å². The van der Waals surface area contributed by atoms with Gasteiger partial charge >= 0.3 is 0 Å². The van der Waals surface area contributed by atoms with E-state index >= 15 is 0 Å². The maximum atomic E-state index is 12.1. The lowest BCUT2D eigenvalue weighted by molar-refractivity contribution is -0.116. The Bertz CT molecular complexity index is 619. The van der Waals surface area contributed by atoms with Crippen molar-refractivity contribution in [2.75, 3.05) is 23.7 Å². The van der Waals surface area contributed by atoms with Crippen molar-refractivity contribution in [2.45, 2.75) is 110 Å². The molecule has 3 N–H and O–H groups in total. The Balaban J connectivity index is 1.92. The third kappa shape index (κ3) is 15.9. The molecular weight excluding hydrogens is 398 g/mol. The molecule has 0 fully saturated rings. The van der Waals surface area contributed by atoms with Crippen LogP contribution in [0.4, 0.5) is 11.4 Å². The SMILES string of the molecule is CCCCCCCCCCCCCCCCNCC(=O)Nc1cccc(NC(=O)CC)c1. The minimum atomic E-state index is -0.0608. The first kappa shape index (κ1) is 28.2. The lowest BCUT2D eigenvalue weighted by atomic mass is 10.0. The van der Waals surface area contributed by atoms with Crippen LogP contribution in [0.2, 0.25) is 0 Å². The van der Waals surface area contributed by atoms with Gasteiger partial charge in [-0.1, -0.05) is 103 Å². The molecule has 5 nitrogen and oxygen atoms in total. The van der Waals surface area contributed by atoms with Gasteiger partial charge in [0.1, 0.15) is 0 Å². The minimum absolute atomic E-state index is 0.0386. The molecule has 0 radical (unpaired) electrons. The van der Waals surface area contributed by atoms with Crippen LogP contribution >= 0.6 is 0 Å². The van der Waals surface area contributed by atoms with Gasteiger partial charge in [0.25, 0.3) is 0 Å². The number of carbonyl (C=O) groups excluding carboxylic acids is 2. The molecule has 0 bridgehead atoms. The van der Waals surface area contributed by atoms with Gasteiger partial charge in [-0.15, -0.1) is 0 Å². The minimum Gasteiger partial charge on any atom is -0.326 e. The predicted octanol–water partition coefficient (Wildman–Crippen LogP) is 7.04. The zero-order valence-electron chi connectivity index (χ0n) is 20.6. The standard InChI is InChI=1S/C27H47N3O2/c1-3-5-6-7-8-9-10-11-12-13-14-15-16-17-21-28-23-27(32)30-25-20-18-19-24(22-25)29-26(31)4-2/h18-20,22,28H,3-17,21,23H2,1-2H3,(H,29,31)(H,30,32). The molecule has 0 aromatic heterocycles. The number of hydrogen-bond donors (Lipinski definition) is 3. The topological polar surface area (TPSA) is 70.2 Å². The Morgan fingerprint density at radius 1 is 0.656 bits per heavy atom. The van der Waals surface area contributed by atoms with E-state index < -0.39 is 0 Å². The molecule has 1 aromatic carbocycles. The lowest BCUT2D eigenvalue weighted by Crippen LogP contribution is -2.28. The van der Waals surface area contributed by atoms with E-state index in [4.69, 9.17) is 0 Å². The number of unbranched alkanes of at least 4 members (excludes halogenated alkanes) is 13. The highest BCUT2D eigenvalue weighted by molar-refractivity contribution is 5.94. The second kappa shape index (κ2) is 19.8. The zero-order chi connectivity index (χ0) is 23.3. The first-order valence-electron chi connectivity index (χ1n) is 13.1. The molecule has 5 heteroatoms. The summed E-state index contributed by atoms with van der Waals surface area (Å²) < 4.78 is 0. The van der Waals surface area contributed by atoms with Gasteiger partial charge in [-0.25, -0.2) is 0 Å². The monoisotopic (exact) mass is 445 g/mol. The maximum absolute atomic E-state index is 12.1. The molecule has 2 amide bonds. The van der Waals surface area contributed by atoms with E-state index in [0.717, 1.165) is 13.0 Å². The van der Waals surface area contributed by atoms with Crippen LogP contribution in [0.1, 0.15) is 110 Å². The summed E-state index contributed by atoms with van der Waals surface area (Å²) in [6, 6.07) is 7.24. The highest BCUT2D eigenvalue weighted by Gasteiger charge is 2.04. The Labute approximate surface area is 196 Å². The molecule has 0 unspecified atom stereocenters. The fraction of sp³-hybridized carbons (Fsp3) is 0.704. The number of amides is 2. The van der Waals surface area contributed by atoms with Crippen LogP contribution in [-0.4, -0.2) is 24.9 Å². The molecule has 182 valence electrons. The van der Waals surface area contributed by atoms with Crippen molar-refractivity contribution in [1.82, 2.24) is 5.32 Å². The number of benzene rings is 1. The van der Waals surface area contributed by atoms with Crippen molar-refractivity contribution in [3.63, 3.8) is 0 Å². The highest BCUT2D eigenvalue weighted by Crippen LogP contribution is 2.15. The first-order valence-corrected chi connectivity index (χ1v) is 13.1. The van der Waals surface area contributed by atoms with Gasteiger partial charge in [0.05, 0.1) is 6.54 Å². The Hall–Kier alpha value is -1.88. The van der Waals surface area contributed by atoms with Crippen molar-refractivity contribution in [1.29, 1.82) is 0 Å². The Morgan fingerprint density at radius 2 is 1.12 bits per heavy atom. The molecule has 0 aliphatic carbocycles. The van der Waals surface area contributed by atoms with E-state index in [1.165, 1.54) is 83.5 Å². The summed E-state index contributed by atoms with van der Waals surface area (Å²) in [5.41, 5.74) is 1.40. The first-order chi connectivity index (χ1) is 15.7. The zero-order valence-corrected chi connectivity index (χ0v) is 20.6. The molecule has 0 aliphatic rings. The molecule has 0 heterocycles. The summed E-state index contributed by atoms with van der Waals surface area (Å²) >= 11 is 0. The maximum Gasteiger partial charge on any atom is 0.238 e. The molecular formula is C27H47N3O2. The van der Waals surface area contributed by atoms with Crippen LogP contribution in [0, 0.1) is 0 Å². The molecule has 1 rings (SSSR count). The number of nitrogens with one attached hydrogen (secondary N) is 3. The highest BCUT2D eigenvalue weighted by atomic mass is 16.2. The molecule has 1 aromatic rings. The molecule has 0 atom stereocenters. The van der Waals surface area contributed by atoms with Crippen LogP contribution in [0.5, 0.6) is 0 Å². The van der Waals surface area contributed by atoms with Crippen LogP contribution < -0.4 is 16.0 Å². The van der Waals surface area contributed by atoms with Gasteiger partial charge in [0.2, 0.25) is 11.8 Å². The summed E-state index contributed by atoms with van der Waals surface area (Å²) in [7, 11) is 0. The van der Waals surface area contributed by atoms with Gasteiger partial charge in [0, 0.05) is 17.8 Å². The average Bonchev–Trinajstić information content (AvgIpc) is 2.79. The summed E-state index contributed by atoms with van der Waals surface area (Å²) in [5.74, 6) is -0.0994. The lowest BCUT2D eigenvalue weighted by Gasteiger charge is -2.09. The molecule has 0 aliphatic heterocycles. The summed E-state index contributed by atoms with van der Waals surface area (Å²) in [6.07, 6.45) is 19.4. The Kier molecular flexibility index (Phi) is 17.4. The van der Waals surface area contributed by atoms with Gasteiger partial charge < -0.3 is 16.0 Å². The van der Waals surface area contributed by atoms with E-state index in [2.05, 4.69) is 22.9 Å². The fourth-order valence-electron chi connectivity index (χ4n) is 3.78. The van der Waals surface area contributed by atoms with E-state index in [0.29, 0.717) is 24.3 Å². The third-order valence-electron chi connectivity index (χ3n) is 5.74. The fourth-order valence-corrected chi connectivity index (χ4v) is 3.78. The Morgan fingerprint density at radius 3 is 1.62 bits per heavy atom. The van der Waals surface area contributed by atoms with Gasteiger partial charge in [-0.05, 0) is 31.2 Å². The molecule has 0 saturated heterocycles. The van der Waals surface area contributed by atoms with Gasteiger partial charge in [-0.3, -0.25) is 9.59 Å². The quantitative estimate of drug-likeness (QED) is 0.188. The third-order valence-corrected chi connectivity index (χ3v) is 5.74. The van der Waals surface area contributed by atoms with E-state index in [-0.39, 0.29) is 11.8 Å². The van der Waals surface area contributed by atoms with Crippen molar-refractivity contribution in [3.05, 3.63) is 24.3 Å². The second-order valence-corrected chi connectivity index (χ2v) is 8.80. The normalized spacial score (nSPS) is 10.8. The molecule has 0 spiro atoms. The van der Waals surface area contributed by atoms with E-state index in [9.17, 15) is 9.59 Å². The van der Waals surface area contributed by atoms with Crippen molar-refractivity contribution in [3.8, 4) is 0 Å². The van der Waals surface area contributed by atoms with Crippen LogP contribution in [-0.2, 0) is 9.59 Å². The number of anilines is 2. The largest absolute Gasteiger partial charge is 0.326 e. The van der Waals surface area contributed by atoms with Crippen LogP contribution in [0.3, 0.4) is 0 Å². The molecule has 32 heavy (non-hydrogen) atoms. The van der Waals surface area contributed by atoms with Crippen LogP contribution in [0.25, 0.3) is 0 Å². The van der Waals surface area contributed by atoms with Crippen molar-refractivity contribution in [2.24, 2.45) is 0 Å². The number of rotatable bonds is 20. The van der Waals surface area contributed by atoms with Crippen molar-refractivity contribution < 1.29 is 9.59 Å². The van der Waals surface area contributed by atoms with Gasteiger partial charge in [-0.2, -0.15) is 0 Å². The summed E-state index contributed by atoms with van der Waals surface area (Å²) in [5, 5.41) is 8.90. The summed E-state index contributed by atoms with van der Waals surface area (Å²) in [6.45, 7) is 5.27. The average molecular weight is 446 g/mol. The van der Waals surface area contributed by atoms with E-state index in [1.54, 1.807) is 6.07 Å². The smallest absolute Gasteiger partial charge is 0.238 e. The van der Waals surface area contributed by atoms with Gasteiger partial charge in [0.15, 0.2) is 0 Å². The predicted molar refractivity (Wildman–Crippen MR) is 137 cm³/mol. The number of carbonyl (C=O) groups is 2. The summed E-state index contributed by atoms with van der Waals surface area (Å²) in [4.78, 5) is 23.6. The number of hydrogen-bond acceptors (Lipinski definition) is 3. The van der Waals surface area contributed by atoms with E-state index in [1.807, 2.05) is 25.1 Å².